The summed E-state index contributed by atoms with van der Waals surface area (Å²) in [5.74, 6) is -0.0349. The highest BCUT2D eigenvalue weighted by Gasteiger charge is 2.31. The molecule has 0 radical (unpaired) electrons. The average Bonchev–Trinajstić information content (AvgIpc) is 3.23. The van der Waals surface area contributed by atoms with Gasteiger partial charge in [-0.2, -0.15) is 4.99 Å². The molecule has 1 unspecified atom stereocenters. The van der Waals surface area contributed by atoms with Crippen molar-refractivity contribution in [2.24, 2.45) is 16.5 Å². The molecule has 0 aliphatic carbocycles. The predicted molar refractivity (Wildman–Crippen MR) is 154 cm³/mol. The first-order valence-corrected chi connectivity index (χ1v) is 12.9. The average molecular weight is 587 g/mol. The molecule has 1 aliphatic rings. The number of halogens is 1. The molecular formula is C24H27ClN10O4S. The number of hydrogen-bond acceptors (Lipinski definition) is 11. The number of imide groups is 1. The van der Waals surface area contributed by atoms with Crippen LogP contribution >= 0.6 is 23.4 Å². The number of nitrogen functional groups attached to an aromatic ring is 2. The largest absolute Gasteiger partial charge is 0.492 e. The molecule has 1 aliphatic heterocycles. The van der Waals surface area contributed by atoms with E-state index in [0.717, 1.165) is 35.4 Å². The number of hydrogen-bond donors (Lipinski definition) is 5. The van der Waals surface area contributed by atoms with Crippen LogP contribution in [0.1, 0.15) is 16.1 Å². The van der Waals surface area contributed by atoms with Gasteiger partial charge in [-0.3, -0.25) is 19.7 Å². The molecule has 14 nitrogen and oxygen atoms in total. The third-order valence-corrected chi connectivity index (χ3v) is 6.44. The molecule has 3 amide bonds. The lowest BCUT2D eigenvalue weighted by molar-refractivity contribution is -0.118. The second-order valence-corrected chi connectivity index (χ2v) is 9.70. The van der Waals surface area contributed by atoms with Crippen molar-refractivity contribution in [2.75, 3.05) is 36.6 Å². The number of nitrogens with two attached hydrogens (primary N) is 4. The number of ether oxygens (including phenoxy) is 1. The molecule has 16 heteroatoms. The fourth-order valence-electron chi connectivity index (χ4n) is 3.23. The zero-order valence-electron chi connectivity index (χ0n) is 21.3. The van der Waals surface area contributed by atoms with Crippen molar-refractivity contribution in [1.29, 1.82) is 0 Å². The number of guanidine groups is 1. The van der Waals surface area contributed by atoms with Crippen molar-refractivity contribution in [3.8, 4) is 5.75 Å². The molecule has 4 rings (SSSR count). The Hall–Kier alpha value is -4.63. The van der Waals surface area contributed by atoms with Crippen molar-refractivity contribution >= 4 is 63.8 Å². The minimum absolute atomic E-state index is 0.0737. The molecule has 3 heterocycles. The van der Waals surface area contributed by atoms with Crippen molar-refractivity contribution in [3.63, 3.8) is 0 Å². The van der Waals surface area contributed by atoms with E-state index in [2.05, 4.69) is 25.3 Å². The third kappa shape index (κ3) is 8.71. The van der Waals surface area contributed by atoms with Gasteiger partial charge in [0.1, 0.15) is 18.2 Å². The summed E-state index contributed by atoms with van der Waals surface area (Å²) in [5, 5.41) is 1.55. The normalized spacial score (nSPS) is 14.0. The Balaban J connectivity index is 0.000000252. The van der Waals surface area contributed by atoms with Crippen molar-refractivity contribution in [2.45, 2.75) is 11.7 Å². The van der Waals surface area contributed by atoms with Crippen LogP contribution in [-0.2, 0) is 11.2 Å². The number of likely N-dealkylation sites (N-methyl/N-ethyl adjacent to an activating group) is 1. The molecule has 0 saturated carbocycles. The Kier molecular flexibility index (Phi) is 10.4. The zero-order valence-corrected chi connectivity index (χ0v) is 22.9. The number of pyridine rings is 1. The van der Waals surface area contributed by atoms with Crippen LogP contribution in [0.25, 0.3) is 0 Å². The van der Waals surface area contributed by atoms with Gasteiger partial charge in [0.15, 0.2) is 28.4 Å². The summed E-state index contributed by atoms with van der Waals surface area (Å²) in [6.45, 7) is 1.27. The Morgan fingerprint density at radius 1 is 1.12 bits per heavy atom. The van der Waals surface area contributed by atoms with E-state index in [-0.39, 0.29) is 38.9 Å². The molecule has 9 N–H and O–H groups in total. The number of anilines is 3. The molecule has 3 aromatic rings. The Labute approximate surface area is 238 Å². The third-order valence-electron chi connectivity index (χ3n) is 5.19. The van der Waals surface area contributed by atoms with Gasteiger partial charge in [0.05, 0.1) is 11.8 Å². The number of rotatable bonds is 8. The van der Waals surface area contributed by atoms with E-state index in [9.17, 15) is 14.4 Å². The first kappa shape index (κ1) is 29.9. The fraction of sp³-hybridized carbons (Fsp3) is 0.208. The van der Waals surface area contributed by atoms with E-state index in [1.807, 2.05) is 54.4 Å². The van der Waals surface area contributed by atoms with Gasteiger partial charge in [-0.15, -0.1) is 0 Å². The molecule has 0 bridgehead atoms. The van der Waals surface area contributed by atoms with Crippen LogP contribution in [0.4, 0.5) is 22.2 Å². The standard InChI is InChI=1S/C18H19N3O3S.C6H8ClN7O/c1-21(16-4-2-3-9-19-16)10-11-24-14-7-5-13(6-8-14)12-15-17(22)20-18(23)25-15;7-2-4(9)13-3(8)1(12-2)5(15)14-6(10)11/h2-9,15H,10-12H2,1H3,(H,20,22,23);(H4,8,9,13)(H4,10,11,14,15). The van der Waals surface area contributed by atoms with Crippen LogP contribution in [0, 0.1) is 0 Å². The van der Waals surface area contributed by atoms with Gasteiger partial charge in [0, 0.05) is 13.2 Å². The van der Waals surface area contributed by atoms with E-state index >= 15 is 0 Å². The lowest BCUT2D eigenvalue weighted by Gasteiger charge is -2.18. The number of carbonyl (C=O) groups excluding carboxylic acids is 3. The summed E-state index contributed by atoms with van der Waals surface area (Å²) < 4.78 is 5.75. The van der Waals surface area contributed by atoms with Gasteiger partial charge in [0.2, 0.25) is 5.91 Å². The first-order chi connectivity index (χ1) is 19.0. The topological polar surface area (TPSA) is 231 Å². The van der Waals surface area contributed by atoms with Gasteiger partial charge in [0.25, 0.3) is 5.24 Å². The number of amides is 3. The quantitative estimate of drug-likeness (QED) is 0.185. The summed E-state index contributed by atoms with van der Waals surface area (Å²) in [7, 11) is 1.97. The van der Waals surface area contributed by atoms with E-state index in [1.54, 1.807) is 6.20 Å². The summed E-state index contributed by atoms with van der Waals surface area (Å²) in [5.41, 5.74) is 21.5. The van der Waals surface area contributed by atoms with Crippen LogP contribution in [0.2, 0.25) is 5.15 Å². The van der Waals surface area contributed by atoms with Gasteiger partial charge >= 0.3 is 5.91 Å². The second-order valence-electron chi connectivity index (χ2n) is 8.16. The summed E-state index contributed by atoms with van der Waals surface area (Å²) in [6.07, 6.45) is 2.30. The van der Waals surface area contributed by atoms with E-state index in [0.29, 0.717) is 13.0 Å². The van der Waals surface area contributed by atoms with Crippen LogP contribution in [0.3, 0.4) is 0 Å². The van der Waals surface area contributed by atoms with E-state index < -0.39 is 11.9 Å². The SMILES string of the molecule is CN(CCOc1ccc(CC2SC(=O)NC2=O)cc1)c1ccccn1.NC(N)=NC(=O)c1nc(Cl)c(N)nc1N. The molecule has 2 aromatic heterocycles. The maximum Gasteiger partial charge on any atom is 0.302 e. The highest BCUT2D eigenvalue weighted by Crippen LogP contribution is 2.24. The maximum absolute atomic E-state index is 11.6. The number of carbonyl (C=O) groups is 3. The number of nitrogens with one attached hydrogen (secondary N) is 1. The molecule has 1 saturated heterocycles. The highest BCUT2D eigenvalue weighted by atomic mass is 35.5. The van der Waals surface area contributed by atoms with Crippen LogP contribution < -0.4 is 37.9 Å². The van der Waals surface area contributed by atoms with Crippen molar-refractivity contribution in [3.05, 3.63) is 65.1 Å². The van der Waals surface area contributed by atoms with Gasteiger partial charge in [-0.1, -0.05) is 41.6 Å². The second kappa shape index (κ2) is 14.0. The lowest BCUT2D eigenvalue weighted by atomic mass is 10.1. The predicted octanol–water partition coefficient (Wildman–Crippen LogP) is 1.20. The summed E-state index contributed by atoms with van der Waals surface area (Å²) in [6, 6.07) is 13.4. The fourth-order valence-corrected chi connectivity index (χ4v) is 4.21. The highest BCUT2D eigenvalue weighted by molar-refractivity contribution is 8.15. The number of nitrogens with zero attached hydrogens (tertiary/aromatic N) is 5. The molecule has 1 fully saturated rings. The zero-order chi connectivity index (χ0) is 29.2. The van der Waals surface area contributed by atoms with Crippen LogP contribution in [0.5, 0.6) is 5.75 Å². The van der Waals surface area contributed by atoms with Crippen molar-refractivity contribution in [1.82, 2.24) is 20.3 Å². The smallest absolute Gasteiger partial charge is 0.302 e. The minimum atomic E-state index is -0.832. The molecule has 40 heavy (non-hydrogen) atoms. The van der Waals surface area contributed by atoms with Crippen molar-refractivity contribution < 1.29 is 19.1 Å². The summed E-state index contributed by atoms with van der Waals surface area (Å²) >= 11 is 6.59. The molecule has 210 valence electrons. The number of aromatic nitrogens is 3. The van der Waals surface area contributed by atoms with Crippen LogP contribution in [-0.4, -0.2) is 63.4 Å². The van der Waals surface area contributed by atoms with Gasteiger partial charge in [-0.05, 0) is 36.2 Å². The van der Waals surface area contributed by atoms with Crippen LogP contribution in [0.15, 0.2) is 53.7 Å². The minimum Gasteiger partial charge on any atom is -0.492 e. The monoisotopic (exact) mass is 586 g/mol. The molecule has 1 aromatic carbocycles. The van der Waals surface area contributed by atoms with E-state index in [1.165, 1.54) is 0 Å². The number of thioether (sulfide) groups is 1. The Morgan fingerprint density at radius 3 is 2.45 bits per heavy atom. The van der Waals surface area contributed by atoms with E-state index in [4.69, 9.17) is 39.3 Å². The van der Waals surface area contributed by atoms with Gasteiger partial charge < -0.3 is 32.6 Å². The molecular weight excluding hydrogens is 560 g/mol. The number of aliphatic imine (C=N–C) groups is 1. The lowest BCUT2D eigenvalue weighted by Crippen LogP contribution is -2.25. The molecule has 0 spiro atoms. The van der Waals surface area contributed by atoms with Gasteiger partial charge in [-0.25, -0.2) is 15.0 Å². The Bertz CT molecular complexity index is 1390. The first-order valence-electron chi connectivity index (χ1n) is 11.6. The molecule has 1 atom stereocenters. The summed E-state index contributed by atoms with van der Waals surface area (Å²) in [4.78, 5) is 50.8. The maximum atomic E-state index is 11.6. The Morgan fingerprint density at radius 2 is 1.85 bits per heavy atom. The number of benzene rings is 1.